The van der Waals surface area contributed by atoms with E-state index in [-0.39, 0.29) is 4.99 Å². The van der Waals surface area contributed by atoms with Crippen molar-refractivity contribution in [2.75, 3.05) is 0 Å². The van der Waals surface area contributed by atoms with Crippen molar-refractivity contribution in [2.45, 2.75) is 0 Å². The fourth-order valence-electron chi connectivity index (χ4n) is 0.848. The third kappa shape index (κ3) is 1.61. The normalized spacial score (nSPS) is 10.4. The summed E-state index contributed by atoms with van der Waals surface area (Å²) in [5.74, 6) is 0. The number of thiocarbonyl (C=S) groups is 1. The molecule has 0 aliphatic carbocycles. The van der Waals surface area contributed by atoms with Gasteiger partial charge in [-0.2, -0.15) is 9.78 Å². The molecule has 8 heteroatoms. The van der Waals surface area contributed by atoms with Gasteiger partial charge in [0.25, 0.3) is 0 Å². The molecule has 0 saturated carbocycles. The van der Waals surface area contributed by atoms with Gasteiger partial charge in [-0.25, -0.2) is 9.97 Å². The zero-order chi connectivity index (χ0) is 10.1. The van der Waals surface area contributed by atoms with Crippen molar-refractivity contribution in [1.82, 2.24) is 19.7 Å². The highest BCUT2D eigenvalue weighted by Crippen LogP contribution is 2.24. The van der Waals surface area contributed by atoms with Crippen LogP contribution in [0.15, 0.2) is 12.7 Å². The molecule has 0 saturated heterocycles. The molecule has 0 aromatic carbocycles. The summed E-state index contributed by atoms with van der Waals surface area (Å²) in [6, 6.07) is 0. The first-order valence-corrected chi connectivity index (χ1v) is 5.10. The van der Waals surface area contributed by atoms with E-state index in [0.717, 1.165) is 0 Å². The molecule has 0 fully saturated rings. The molecule has 0 aliphatic rings. The van der Waals surface area contributed by atoms with Crippen molar-refractivity contribution in [3.8, 4) is 5.13 Å². The molecule has 2 rings (SSSR count). The van der Waals surface area contributed by atoms with Crippen molar-refractivity contribution in [2.24, 2.45) is 5.73 Å². The fraction of sp³-hybridized carbons (Fsp3) is 0. The van der Waals surface area contributed by atoms with E-state index < -0.39 is 0 Å². The quantitative estimate of drug-likeness (QED) is 0.800. The molecule has 0 spiro atoms. The summed E-state index contributed by atoms with van der Waals surface area (Å²) in [7, 11) is 0. The Labute approximate surface area is 93.5 Å². The Morgan fingerprint density at radius 1 is 1.64 bits per heavy atom. The minimum atomic E-state index is 0.235. The van der Waals surface area contributed by atoms with Gasteiger partial charge in [0.15, 0.2) is 5.15 Å². The van der Waals surface area contributed by atoms with E-state index in [1.54, 1.807) is 0 Å². The number of thiazole rings is 1. The first kappa shape index (κ1) is 9.50. The van der Waals surface area contributed by atoms with Crippen LogP contribution in [0.4, 0.5) is 0 Å². The van der Waals surface area contributed by atoms with Crippen LogP contribution < -0.4 is 5.73 Å². The number of nitrogens with zero attached hydrogens (tertiary/aromatic N) is 4. The Balaban J connectivity index is 2.48. The second-order valence-electron chi connectivity index (χ2n) is 2.32. The molecular formula is C6H4ClN5S2. The molecule has 0 aliphatic heterocycles. The third-order valence-corrected chi connectivity index (χ3v) is 3.21. The predicted molar refractivity (Wildman–Crippen MR) is 57.9 cm³/mol. The van der Waals surface area contributed by atoms with Gasteiger partial charge in [0, 0.05) is 0 Å². The van der Waals surface area contributed by atoms with Gasteiger partial charge >= 0.3 is 0 Å². The Morgan fingerprint density at radius 3 is 2.93 bits per heavy atom. The summed E-state index contributed by atoms with van der Waals surface area (Å²) in [5, 5.41) is 4.80. The number of halogens is 1. The summed E-state index contributed by atoms with van der Waals surface area (Å²) in [4.78, 5) is 8.67. The number of nitrogens with two attached hydrogens (primary N) is 1. The number of hydrogen-bond donors (Lipinski definition) is 1. The summed E-state index contributed by atoms with van der Waals surface area (Å²) in [5.41, 5.74) is 5.45. The maximum Gasteiger partial charge on any atom is 0.213 e. The minimum Gasteiger partial charge on any atom is -0.389 e. The lowest BCUT2D eigenvalue weighted by Gasteiger charge is -1.89. The van der Waals surface area contributed by atoms with Crippen LogP contribution in [0.2, 0.25) is 5.15 Å². The van der Waals surface area contributed by atoms with E-state index in [1.807, 2.05) is 0 Å². The standard InChI is InChI=1S/C6H4ClN5S2/c7-4-3(5(8)13)14-6(11-4)12-2-9-1-10-12/h1-2H,(H2,8,13). The molecular weight excluding hydrogens is 242 g/mol. The molecule has 14 heavy (non-hydrogen) atoms. The molecule has 2 aromatic rings. The molecule has 5 nitrogen and oxygen atoms in total. The highest BCUT2D eigenvalue weighted by atomic mass is 35.5. The summed E-state index contributed by atoms with van der Waals surface area (Å²) in [6.07, 6.45) is 2.94. The van der Waals surface area contributed by atoms with E-state index in [0.29, 0.717) is 15.2 Å². The van der Waals surface area contributed by atoms with Gasteiger partial charge in [-0.05, 0) is 0 Å². The van der Waals surface area contributed by atoms with Gasteiger partial charge in [-0.15, -0.1) is 0 Å². The zero-order valence-corrected chi connectivity index (χ0v) is 9.10. The van der Waals surface area contributed by atoms with Crippen LogP contribution in [-0.2, 0) is 0 Å². The molecule has 2 heterocycles. The lowest BCUT2D eigenvalue weighted by atomic mass is 10.6. The van der Waals surface area contributed by atoms with Crippen LogP contribution in [0, 0.1) is 0 Å². The molecule has 0 radical (unpaired) electrons. The minimum absolute atomic E-state index is 0.235. The number of aromatic nitrogens is 4. The summed E-state index contributed by atoms with van der Waals surface area (Å²) >= 11 is 11.9. The summed E-state index contributed by atoms with van der Waals surface area (Å²) < 4.78 is 1.50. The number of hydrogen-bond acceptors (Lipinski definition) is 5. The first-order valence-electron chi connectivity index (χ1n) is 3.49. The fourth-order valence-corrected chi connectivity index (χ4v) is 2.21. The van der Waals surface area contributed by atoms with E-state index in [1.165, 1.54) is 28.7 Å². The van der Waals surface area contributed by atoms with E-state index in [9.17, 15) is 0 Å². The van der Waals surface area contributed by atoms with Crippen LogP contribution in [0.25, 0.3) is 5.13 Å². The molecule has 0 amide bonds. The molecule has 0 bridgehead atoms. The van der Waals surface area contributed by atoms with Gasteiger partial charge in [-0.3, -0.25) is 0 Å². The van der Waals surface area contributed by atoms with Gasteiger partial charge in [0.1, 0.15) is 22.5 Å². The topological polar surface area (TPSA) is 69.6 Å². The van der Waals surface area contributed by atoms with Gasteiger partial charge < -0.3 is 5.73 Å². The van der Waals surface area contributed by atoms with Crippen molar-refractivity contribution >= 4 is 40.1 Å². The van der Waals surface area contributed by atoms with Gasteiger partial charge in [0.2, 0.25) is 5.13 Å². The van der Waals surface area contributed by atoms with Gasteiger partial charge in [-0.1, -0.05) is 35.2 Å². The summed E-state index contributed by atoms with van der Waals surface area (Å²) in [6.45, 7) is 0. The van der Waals surface area contributed by atoms with Crippen molar-refractivity contribution in [3.63, 3.8) is 0 Å². The molecule has 0 atom stereocenters. The molecule has 2 aromatic heterocycles. The molecule has 2 N–H and O–H groups in total. The van der Waals surface area contributed by atoms with Crippen LogP contribution in [-0.4, -0.2) is 24.7 Å². The van der Waals surface area contributed by atoms with Crippen LogP contribution in [0.1, 0.15) is 4.88 Å². The zero-order valence-electron chi connectivity index (χ0n) is 6.72. The van der Waals surface area contributed by atoms with Crippen LogP contribution >= 0.6 is 35.2 Å². The van der Waals surface area contributed by atoms with Crippen LogP contribution in [0.5, 0.6) is 0 Å². The second kappa shape index (κ2) is 3.60. The largest absolute Gasteiger partial charge is 0.389 e. The Morgan fingerprint density at radius 2 is 2.43 bits per heavy atom. The predicted octanol–water partition coefficient (Wildman–Crippen LogP) is 1.01. The van der Waals surface area contributed by atoms with Gasteiger partial charge in [0.05, 0.1) is 0 Å². The molecule has 72 valence electrons. The van der Waals surface area contributed by atoms with Crippen LogP contribution in [0.3, 0.4) is 0 Å². The smallest absolute Gasteiger partial charge is 0.213 e. The highest BCUT2D eigenvalue weighted by molar-refractivity contribution is 7.81. The Bertz CT molecular complexity index is 463. The third-order valence-electron chi connectivity index (χ3n) is 1.41. The monoisotopic (exact) mass is 245 g/mol. The average Bonchev–Trinajstić information content (AvgIpc) is 2.70. The molecule has 0 unspecified atom stereocenters. The first-order chi connectivity index (χ1) is 6.68. The average molecular weight is 246 g/mol. The Hall–Kier alpha value is -1.05. The SMILES string of the molecule is NC(=S)c1sc(-n2cncn2)nc1Cl. The lowest BCUT2D eigenvalue weighted by molar-refractivity contribution is 0.868. The second-order valence-corrected chi connectivity index (χ2v) is 4.10. The van der Waals surface area contributed by atoms with Crippen molar-refractivity contribution in [1.29, 1.82) is 0 Å². The van der Waals surface area contributed by atoms with E-state index in [4.69, 9.17) is 29.6 Å². The Kier molecular flexibility index (Phi) is 2.44. The maximum absolute atomic E-state index is 5.83. The maximum atomic E-state index is 5.83. The highest BCUT2D eigenvalue weighted by Gasteiger charge is 2.12. The van der Waals surface area contributed by atoms with Crippen molar-refractivity contribution in [3.05, 3.63) is 22.7 Å². The van der Waals surface area contributed by atoms with E-state index in [2.05, 4.69) is 15.1 Å². The van der Waals surface area contributed by atoms with E-state index >= 15 is 0 Å². The van der Waals surface area contributed by atoms with Crippen molar-refractivity contribution < 1.29 is 0 Å². The lowest BCUT2D eigenvalue weighted by Crippen LogP contribution is -2.07. The number of rotatable bonds is 2.